The molecule has 0 aliphatic rings. The molecule has 0 fully saturated rings. The van der Waals surface area contributed by atoms with Crippen LogP contribution in [0.5, 0.6) is 0 Å². The molecule has 0 saturated heterocycles. The molecular formula is C14H15N3O3. The summed E-state index contributed by atoms with van der Waals surface area (Å²) in [7, 11) is 0. The maximum absolute atomic E-state index is 11.1. The molecule has 0 unspecified atom stereocenters. The highest BCUT2D eigenvalue weighted by molar-refractivity contribution is 6.06. The molecule has 0 radical (unpaired) electrons. The number of nitrogens with one attached hydrogen (secondary N) is 1. The Hall–Kier alpha value is -2.63. The van der Waals surface area contributed by atoms with Gasteiger partial charge < -0.3 is 16.2 Å². The van der Waals surface area contributed by atoms with Crippen LogP contribution in [0.25, 0.3) is 10.8 Å². The van der Waals surface area contributed by atoms with E-state index in [0.29, 0.717) is 30.6 Å². The summed E-state index contributed by atoms with van der Waals surface area (Å²) in [5, 5.41) is 13.6. The van der Waals surface area contributed by atoms with E-state index in [9.17, 15) is 9.59 Å². The van der Waals surface area contributed by atoms with E-state index in [4.69, 9.17) is 10.8 Å². The van der Waals surface area contributed by atoms with Crippen molar-refractivity contribution in [3.8, 4) is 0 Å². The van der Waals surface area contributed by atoms with Crippen molar-refractivity contribution in [2.45, 2.75) is 12.8 Å². The summed E-state index contributed by atoms with van der Waals surface area (Å²) in [4.78, 5) is 25.9. The maximum atomic E-state index is 11.1. The highest BCUT2D eigenvalue weighted by Crippen LogP contribution is 2.24. The Labute approximate surface area is 115 Å². The van der Waals surface area contributed by atoms with Crippen LogP contribution in [0.3, 0.4) is 0 Å². The molecule has 1 amide bonds. The number of primary amides is 1. The molecule has 0 aliphatic carbocycles. The van der Waals surface area contributed by atoms with Crippen molar-refractivity contribution in [1.29, 1.82) is 0 Å². The fourth-order valence-electron chi connectivity index (χ4n) is 1.97. The lowest BCUT2D eigenvalue weighted by Crippen LogP contribution is -2.13. The molecule has 0 saturated carbocycles. The van der Waals surface area contributed by atoms with Gasteiger partial charge in [-0.2, -0.15) is 0 Å². The smallest absolute Gasteiger partial charge is 0.337 e. The number of pyridine rings is 1. The zero-order chi connectivity index (χ0) is 14.5. The van der Waals surface area contributed by atoms with Crippen LogP contribution in [0, 0.1) is 0 Å². The molecule has 1 aromatic heterocycles. The van der Waals surface area contributed by atoms with Crippen molar-refractivity contribution in [3.63, 3.8) is 0 Å². The first-order valence-electron chi connectivity index (χ1n) is 6.23. The van der Waals surface area contributed by atoms with Crippen molar-refractivity contribution in [3.05, 3.63) is 36.0 Å². The van der Waals surface area contributed by atoms with E-state index >= 15 is 0 Å². The fourth-order valence-corrected chi connectivity index (χ4v) is 1.97. The van der Waals surface area contributed by atoms with E-state index in [1.165, 1.54) is 6.20 Å². The Morgan fingerprint density at radius 3 is 2.60 bits per heavy atom. The number of amides is 1. The van der Waals surface area contributed by atoms with E-state index in [-0.39, 0.29) is 11.5 Å². The van der Waals surface area contributed by atoms with Gasteiger partial charge in [-0.25, -0.2) is 9.78 Å². The summed E-state index contributed by atoms with van der Waals surface area (Å²) in [6.45, 7) is 0.548. The maximum Gasteiger partial charge on any atom is 0.337 e. The fraction of sp³-hybridized carbons (Fsp3) is 0.214. The average Bonchev–Trinajstić information content (AvgIpc) is 2.43. The number of benzene rings is 1. The second-order valence-electron chi connectivity index (χ2n) is 4.37. The molecule has 2 rings (SSSR count). The molecule has 1 aromatic carbocycles. The number of anilines is 1. The van der Waals surface area contributed by atoms with Gasteiger partial charge in [-0.3, -0.25) is 4.79 Å². The molecule has 0 spiro atoms. The number of carbonyl (C=O) groups is 2. The molecule has 0 bridgehead atoms. The summed E-state index contributed by atoms with van der Waals surface area (Å²) >= 11 is 0. The summed E-state index contributed by atoms with van der Waals surface area (Å²) < 4.78 is 0. The first-order chi connectivity index (χ1) is 9.59. The van der Waals surface area contributed by atoms with E-state index < -0.39 is 5.97 Å². The van der Waals surface area contributed by atoms with Crippen molar-refractivity contribution < 1.29 is 14.7 Å². The third-order valence-electron chi connectivity index (χ3n) is 2.92. The van der Waals surface area contributed by atoms with E-state index in [1.54, 1.807) is 12.1 Å². The number of hydrogen-bond donors (Lipinski definition) is 3. The third-order valence-corrected chi connectivity index (χ3v) is 2.92. The Kier molecular flexibility index (Phi) is 4.14. The second kappa shape index (κ2) is 6.01. The number of nitrogens with zero attached hydrogens (tertiary/aromatic N) is 1. The molecule has 104 valence electrons. The number of nitrogens with two attached hydrogens (primary N) is 1. The number of carbonyl (C=O) groups excluding carboxylic acids is 1. The third kappa shape index (κ3) is 3.03. The van der Waals surface area contributed by atoms with Gasteiger partial charge in [0.05, 0.1) is 5.56 Å². The molecule has 6 nitrogen and oxygen atoms in total. The van der Waals surface area contributed by atoms with Crippen molar-refractivity contribution in [2.75, 3.05) is 11.9 Å². The van der Waals surface area contributed by atoms with E-state index in [0.717, 1.165) is 5.39 Å². The van der Waals surface area contributed by atoms with Gasteiger partial charge >= 0.3 is 5.97 Å². The molecule has 1 heterocycles. The van der Waals surface area contributed by atoms with Crippen LogP contribution >= 0.6 is 0 Å². The number of fused-ring (bicyclic) bond motifs is 1. The van der Waals surface area contributed by atoms with Crippen molar-refractivity contribution >= 4 is 28.5 Å². The standard InChI is InChI=1S/C14H15N3O3/c15-12(18)6-3-7-16-13-10-5-2-1-4-9(10)11(8-17-13)14(19)20/h1-2,4-5,8H,3,6-7H2,(H2,15,18)(H,16,17)(H,19,20). The normalized spacial score (nSPS) is 10.4. The van der Waals surface area contributed by atoms with Crippen LogP contribution in [0.4, 0.5) is 5.82 Å². The average molecular weight is 273 g/mol. The van der Waals surface area contributed by atoms with Crippen molar-refractivity contribution in [1.82, 2.24) is 4.98 Å². The Morgan fingerprint density at radius 2 is 1.95 bits per heavy atom. The topological polar surface area (TPSA) is 105 Å². The molecule has 2 aromatic rings. The SMILES string of the molecule is NC(=O)CCCNc1ncc(C(=O)O)c2ccccc12. The van der Waals surface area contributed by atoms with Gasteiger partial charge in [-0.05, 0) is 6.42 Å². The molecular weight excluding hydrogens is 258 g/mol. The predicted molar refractivity (Wildman–Crippen MR) is 75.6 cm³/mol. The molecule has 0 aliphatic heterocycles. The minimum Gasteiger partial charge on any atom is -0.478 e. The highest BCUT2D eigenvalue weighted by Gasteiger charge is 2.11. The predicted octanol–water partition coefficient (Wildman–Crippen LogP) is 1.61. The summed E-state index contributed by atoms with van der Waals surface area (Å²) in [6, 6.07) is 7.16. The van der Waals surface area contributed by atoms with Gasteiger partial charge in [0.2, 0.25) is 5.91 Å². The Balaban J connectivity index is 2.24. The quantitative estimate of drug-likeness (QED) is 0.693. The second-order valence-corrected chi connectivity index (χ2v) is 4.37. The number of carboxylic acid groups (broad SMARTS) is 1. The van der Waals surface area contributed by atoms with Crippen molar-refractivity contribution in [2.24, 2.45) is 5.73 Å². The van der Waals surface area contributed by atoms with Crippen LogP contribution in [0.2, 0.25) is 0 Å². The number of carboxylic acids is 1. The number of aromatic carboxylic acids is 1. The Bertz CT molecular complexity index is 655. The van der Waals surface area contributed by atoms with Crippen LogP contribution in [0.15, 0.2) is 30.5 Å². The summed E-state index contributed by atoms with van der Waals surface area (Å²) in [6.07, 6.45) is 2.24. The molecule has 4 N–H and O–H groups in total. The lowest BCUT2D eigenvalue weighted by molar-refractivity contribution is -0.118. The van der Waals surface area contributed by atoms with Gasteiger partial charge in [-0.1, -0.05) is 24.3 Å². The minimum atomic E-state index is -1.01. The minimum absolute atomic E-state index is 0.170. The summed E-state index contributed by atoms with van der Waals surface area (Å²) in [5.74, 6) is -0.741. The number of hydrogen-bond acceptors (Lipinski definition) is 4. The monoisotopic (exact) mass is 273 g/mol. The van der Waals surface area contributed by atoms with Gasteiger partial charge in [0, 0.05) is 29.9 Å². The Morgan fingerprint density at radius 1 is 1.25 bits per heavy atom. The van der Waals surface area contributed by atoms with Crippen LogP contribution in [-0.4, -0.2) is 28.5 Å². The number of rotatable bonds is 6. The largest absolute Gasteiger partial charge is 0.478 e. The van der Waals surface area contributed by atoms with Gasteiger partial charge in [0.15, 0.2) is 0 Å². The lowest BCUT2D eigenvalue weighted by Gasteiger charge is -2.10. The van der Waals surface area contributed by atoms with Gasteiger partial charge in [0.1, 0.15) is 5.82 Å². The van der Waals surface area contributed by atoms with Gasteiger partial charge in [-0.15, -0.1) is 0 Å². The molecule has 0 atom stereocenters. The molecule has 20 heavy (non-hydrogen) atoms. The number of aromatic nitrogens is 1. The first-order valence-corrected chi connectivity index (χ1v) is 6.23. The highest BCUT2D eigenvalue weighted by atomic mass is 16.4. The zero-order valence-electron chi connectivity index (χ0n) is 10.8. The van der Waals surface area contributed by atoms with Crippen LogP contribution < -0.4 is 11.1 Å². The zero-order valence-corrected chi connectivity index (χ0v) is 10.8. The molecule has 6 heteroatoms. The van der Waals surface area contributed by atoms with Crippen LogP contribution in [-0.2, 0) is 4.79 Å². The first kappa shape index (κ1) is 13.8. The lowest BCUT2D eigenvalue weighted by atomic mass is 10.1. The van der Waals surface area contributed by atoms with Crippen LogP contribution in [0.1, 0.15) is 23.2 Å². The van der Waals surface area contributed by atoms with Gasteiger partial charge in [0.25, 0.3) is 0 Å². The van der Waals surface area contributed by atoms with E-state index in [2.05, 4.69) is 10.3 Å². The summed E-state index contributed by atoms with van der Waals surface area (Å²) in [5.41, 5.74) is 5.24. The van der Waals surface area contributed by atoms with E-state index in [1.807, 2.05) is 12.1 Å².